The van der Waals surface area contributed by atoms with E-state index in [-0.39, 0.29) is 5.57 Å². The van der Waals surface area contributed by atoms with E-state index in [1.165, 1.54) is 6.92 Å². The van der Waals surface area contributed by atoms with E-state index < -0.39 is 36.7 Å². The molecule has 1 unspecified atom stereocenters. The monoisotopic (exact) mass is 342 g/mol. The van der Waals surface area contributed by atoms with Gasteiger partial charge in [0.25, 0.3) is 0 Å². The molecule has 19 heavy (non-hydrogen) atoms. The fraction of sp³-hybridized carbons (Fsp3) is 0.600. The molecule has 0 bridgehead atoms. The van der Waals surface area contributed by atoms with Gasteiger partial charge in [-0.2, -0.15) is 4.31 Å². The van der Waals surface area contributed by atoms with Crippen molar-refractivity contribution in [2.75, 3.05) is 13.2 Å². The Kier molecular flexibility index (Phi) is 7.26. The summed E-state index contributed by atoms with van der Waals surface area (Å²) in [5, 5.41) is 0. The Labute approximate surface area is 107 Å². The maximum Gasteiger partial charge on any atom is 0.481 e. The summed E-state index contributed by atoms with van der Waals surface area (Å²) in [6.45, 7) is 0.345. The van der Waals surface area contributed by atoms with Crippen LogP contribution in [0.3, 0.4) is 0 Å². The predicted octanol–water partition coefficient (Wildman–Crippen LogP) is 0.268. The molecule has 0 radical (unpaired) electrons. The van der Waals surface area contributed by atoms with Gasteiger partial charge in [0.1, 0.15) is 0 Å². The summed E-state index contributed by atoms with van der Waals surface area (Å²) in [6, 6.07) is 0. The lowest BCUT2D eigenvalue weighted by Crippen LogP contribution is -1.97. The molecule has 0 saturated carbocycles. The van der Waals surface area contributed by atoms with Gasteiger partial charge in [-0.25, -0.2) is 13.7 Å². The first-order chi connectivity index (χ1) is 8.31. The second kappa shape index (κ2) is 7.21. The van der Waals surface area contributed by atoms with E-state index in [4.69, 9.17) is 24.5 Å². The van der Waals surface area contributed by atoms with Crippen molar-refractivity contribution >= 4 is 23.5 Å². The number of phosphoric ester groups is 2. The maximum absolute atomic E-state index is 11.0. The number of rotatable bonds is 8. The fourth-order valence-electron chi connectivity index (χ4n) is 0.677. The van der Waals surface area contributed by atoms with Gasteiger partial charge < -0.3 is 24.5 Å². The van der Waals surface area contributed by atoms with Crippen molar-refractivity contribution in [1.29, 1.82) is 0 Å². The summed E-state index contributed by atoms with van der Waals surface area (Å²) in [6.07, 6.45) is 1.11. The predicted molar refractivity (Wildman–Crippen MR) is 60.7 cm³/mol. The van der Waals surface area contributed by atoms with Crippen LogP contribution in [0.2, 0.25) is 0 Å². The van der Waals surface area contributed by atoms with Crippen LogP contribution in [0.25, 0.3) is 0 Å². The third-order valence-corrected chi connectivity index (χ3v) is 3.96. The van der Waals surface area contributed by atoms with E-state index in [2.05, 4.69) is 13.4 Å². The van der Waals surface area contributed by atoms with Gasteiger partial charge in [0.05, 0.1) is 13.2 Å². The quantitative estimate of drug-likeness (QED) is 0.302. The van der Waals surface area contributed by atoms with Gasteiger partial charge in [-0.15, -0.1) is 0 Å². The highest BCUT2D eigenvalue weighted by Crippen LogP contribution is 2.57. The Bertz CT molecular complexity index is 457. The van der Waals surface area contributed by atoms with Gasteiger partial charge >= 0.3 is 23.5 Å². The average Bonchev–Trinajstić information content (AvgIpc) is 2.09. The summed E-state index contributed by atoms with van der Waals surface area (Å²) >= 11 is 0. The molecule has 1 atom stereocenters. The second-order valence-electron chi connectivity index (χ2n) is 3.15. The number of hydrogen-bond acceptors (Lipinski definition) is 6. The Morgan fingerprint density at radius 3 is 1.95 bits per heavy atom. The molecule has 0 spiro atoms. The van der Waals surface area contributed by atoms with Crippen molar-refractivity contribution in [3.63, 3.8) is 0 Å². The molecule has 114 valence electrons. The molecule has 0 aliphatic carbocycles. The minimum atomic E-state index is -5.17. The minimum Gasteiger partial charge on any atom is -0.303 e. The van der Waals surface area contributed by atoms with Crippen LogP contribution in [0, 0.1) is 0 Å². The van der Waals surface area contributed by atoms with E-state index in [9.17, 15) is 13.7 Å². The van der Waals surface area contributed by atoms with Crippen LogP contribution in [-0.4, -0.2) is 37.7 Å². The summed E-state index contributed by atoms with van der Waals surface area (Å²) < 4.78 is 43.4. The zero-order valence-electron chi connectivity index (χ0n) is 9.52. The smallest absolute Gasteiger partial charge is 0.303 e. The Balaban J connectivity index is 4.24. The van der Waals surface area contributed by atoms with Crippen molar-refractivity contribution in [3.8, 4) is 0 Å². The lowest BCUT2D eigenvalue weighted by molar-refractivity contribution is 0.188. The molecular weight excluding hydrogens is 329 g/mol. The van der Waals surface area contributed by atoms with Crippen LogP contribution in [-0.2, 0) is 27.1 Å². The summed E-state index contributed by atoms with van der Waals surface area (Å²) in [7, 11) is -14.7. The standard InChI is InChI=1S/C5H13O11P3/c1-5(4-15-17(6,7)8)2-3-14-19(12,13)16-18(9,10)11/h2H,3-4H2,1H3,(H,12,13)(H2,6,7,8)(H2,9,10,11)/b5-2+. The van der Waals surface area contributed by atoms with E-state index in [0.29, 0.717) is 0 Å². The van der Waals surface area contributed by atoms with E-state index in [0.717, 1.165) is 6.08 Å². The van der Waals surface area contributed by atoms with E-state index >= 15 is 0 Å². The number of phosphoric acid groups is 3. The van der Waals surface area contributed by atoms with Gasteiger partial charge in [0.15, 0.2) is 0 Å². The first-order valence-corrected chi connectivity index (χ1v) is 8.96. The molecule has 0 aromatic heterocycles. The first kappa shape index (κ1) is 19.1. The summed E-state index contributed by atoms with van der Waals surface area (Å²) in [5.41, 5.74) is 0.250. The summed E-state index contributed by atoms with van der Waals surface area (Å²) in [4.78, 5) is 42.2. The fourth-order valence-corrected chi connectivity index (χ4v) is 2.58. The summed E-state index contributed by atoms with van der Waals surface area (Å²) in [5.74, 6) is 0. The van der Waals surface area contributed by atoms with Gasteiger partial charge in [-0.05, 0) is 12.5 Å². The molecule has 0 amide bonds. The topological polar surface area (TPSA) is 180 Å². The minimum absolute atomic E-state index is 0.250. The zero-order valence-corrected chi connectivity index (χ0v) is 12.2. The zero-order chi connectivity index (χ0) is 15.3. The van der Waals surface area contributed by atoms with Crippen molar-refractivity contribution in [2.45, 2.75) is 6.92 Å². The Hall–Kier alpha value is 0.110. The van der Waals surface area contributed by atoms with Crippen LogP contribution < -0.4 is 0 Å². The largest absolute Gasteiger partial charge is 0.481 e. The Morgan fingerprint density at radius 2 is 1.53 bits per heavy atom. The number of hydrogen-bond donors (Lipinski definition) is 5. The maximum atomic E-state index is 11.0. The molecule has 0 aromatic carbocycles. The highest BCUT2D eigenvalue weighted by Gasteiger charge is 2.31. The van der Waals surface area contributed by atoms with Crippen molar-refractivity contribution in [3.05, 3.63) is 11.6 Å². The lowest BCUT2D eigenvalue weighted by Gasteiger charge is -2.11. The molecule has 11 nitrogen and oxygen atoms in total. The molecule has 0 aliphatic rings. The van der Waals surface area contributed by atoms with Crippen LogP contribution >= 0.6 is 23.5 Å². The molecule has 14 heteroatoms. The van der Waals surface area contributed by atoms with Crippen LogP contribution in [0.5, 0.6) is 0 Å². The van der Waals surface area contributed by atoms with Gasteiger partial charge in [0.2, 0.25) is 0 Å². The molecule has 0 fully saturated rings. The van der Waals surface area contributed by atoms with Gasteiger partial charge in [0, 0.05) is 0 Å². The van der Waals surface area contributed by atoms with Crippen molar-refractivity contribution in [1.82, 2.24) is 0 Å². The van der Waals surface area contributed by atoms with Crippen LogP contribution in [0.4, 0.5) is 0 Å². The third-order valence-electron chi connectivity index (χ3n) is 1.34. The van der Waals surface area contributed by atoms with Crippen LogP contribution in [0.15, 0.2) is 11.6 Å². The van der Waals surface area contributed by atoms with Crippen molar-refractivity contribution in [2.24, 2.45) is 0 Å². The normalized spacial score (nSPS) is 17.3. The molecular formula is C5H13O11P3. The van der Waals surface area contributed by atoms with Gasteiger partial charge in [-0.1, -0.05) is 6.08 Å². The SMILES string of the molecule is C/C(=C\COP(=O)(O)OP(=O)(O)O)COP(=O)(O)O. The first-order valence-electron chi connectivity index (χ1n) is 4.41. The highest BCUT2D eigenvalue weighted by atomic mass is 31.3. The third kappa shape index (κ3) is 12.9. The average molecular weight is 342 g/mol. The molecule has 0 aromatic rings. The van der Waals surface area contributed by atoms with E-state index in [1.54, 1.807) is 0 Å². The lowest BCUT2D eigenvalue weighted by atomic mass is 10.3. The molecule has 0 rings (SSSR count). The highest BCUT2D eigenvalue weighted by molar-refractivity contribution is 7.60. The second-order valence-corrected chi connectivity index (χ2v) is 7.22. The Morgan fingerprint density at radius 1 is 1.00 bits per heavy atom. The van der Waals surface area contributed by atoms with Crippen molar-refractivity contribution < 1.29 is 51.5 Å². The van der Waals surface area contributed by atoms with Crippen LogP contribution in [0.1, 0.15) is 6.92 Å². The molecule has 5 N–H and O–H groups in total. The molecule has 0 aliphatic heterocycles. The molecule has 0 saturated heterocycles. The van der Waals surface area contributed by atoms with E-state index in [1.807, 2.05) is 0 Å². The molecule has 0 heterocycles. The van der Waals surface area contributed by atoms with Gasteiger partial charge in [-0.3, -0.25) is 9.05 Å².